The second-order valence-electron chi connectivity index (χ2n) is 5.60. The Hall–Kier alpha value is -2.40. The summed E-state index contributed by atoms with van der Waals surface area (Å²) in [6.07, 6.45) is 4.50. The summed E-state index contributed by atoms with van der Waals surface area (Å²) < 4.78 is 7.72. The highest BCUT2D eigenvalue weighted by Crippen LogP contribution is 2.25. The second-order valence-corrected chi connectivity index (χ2v) is 5.60. The Morgan fingerprint density at radius 2 is 2.00 bits per heavy atom. The number of hydrogen-bond acceptors (Lipinski definition) is 4. The van der Waals surface area contributed by atoms with Crippen LogP contribution in [0.5, 0.6) is 0 Å². The fraction of sp³-hybridized carbons (Fsp3) is 0.294. The van der Waals surface area contributed by atoms with Crippen LogP contribution in [0.1, 0.15) is 11.4 Å². The van der Waals surface area contributed by atoms with Crippen molar-refractivity contribution in [3.05, 3.63) is 60.4 Å². The van der Waals surface area contributed by atoms with Crippen LogP contribution in [0, 0.1) is 0 Å². The molecule has 1 aliphatic rings. The molecule has 1 aromatic carbocycles. The Kier molecular flexibility index (Phi) is 3.48. The minimum Gasteiger partial charge on any atom is -0.464 e. The van der Waals surface area contributed by atoms with E-state index in [-0.39, 0.29) is 0 Å². The molecule has 0 saturated carbocycles. The molecule has 0 bridgehead atoms. The van der Waals surface area contributed by atoms with Gasteiger partial charge in [0, 0.05) is 38.2 Å². The molecule has 112 valence electrons. The van der Waals surface area contributed by atoms with Gasteiger partial charge in [0.05, 0.1) is 6.26 Å². The van der Waals surface area contributed by atoms with E-state index in [9.17, 15) is 0 Å². The van der Waals surface area contributed by atoms with Gasteiger partial charge in [-0.05, 0) is 17.7 Å². The number of fused-ring (bicyclic) bond motifs is 1. The summed E-state index contributed by atoms with van der Waals surface area (Å²) in [6, 6.07) is 12.4. The number of hydrogen-bond donors (Lipinski definition) is 0. The van der Waals surface area contributed by atoms with Gasteiger partial charge in [-0.3, -0.25) is 4.90 Å². The van der Waals surface area contributed by atoms with E-state index in [1.165, 1.54) is 11.1 Å². The molecule has 0 spiro atoms. The zero-order valence-electron chi connectivity index (χ0n) is 12.4. The van der Waals surface area contributed by atoms with E-state index in [1.807, 2.05) is 18.5 Å². The number of nitrogens with zero attached hydrogens (tertiary/aromatic N) is 4. The molecule has 0 fully saturated rings. The molecule has 0 aliphatic carbocycles. The van der Waals surface area contributed by atoms with Crippen molar-refractivity contribution in [2.45, 2.75) is 19.5 Å². The maximum absolute atomic E-state index is 5.57. The molecule has 4 rings (SSSR count). The largest absolute Gasteiger partial charge is 0.464 e. The molecular formula is C17H18N4O. The second kappa shape index (κ2) is 5.77. The van der Waals surface area contributed by atoms with E-state index in [1.54, 1.807) is 6.26 Å². The van der Waals surface area contributed by atoms with Gasteiger partial charge in [0.25, 0.3) is 0 Å². The van der Waals surface area contributed by atoms with Gasteiger partial charge >= 0.3 is 0 Å². The average Bonchev–Trinajstić information content (AvgIpc) is 3.19. The average molecular weight is 294 g/mol. The lowest BCUT2D eigenvalue weighted by atomic mass is 10.0. The van der Waals surface area contributed by atoms with Crippen molar-refractivity contribution in [2.24, 2.45) is 0 Å². The number of rotatable bonds is 3. The number of benzene rings is 1. The van der Waals surface area contributed by atoms with E-state index >= 15 is 0 Å². The van der Waals surface area contributed by atoms with Crippen LogP contribution in [0.2, 0.25) is 0 Å². The van der Waals surface area contributed by atoms with Crippen LogP contribution in [-0.4, -0.2) is 32.8 Å². The molecule has 5 heteroatoms. The molecule has 3 heterocycles. The smallest absolute Gasteiger partial charge is 0.134 e. The third kappa shape index (κ3) is 2.55. The minimum absolute atomic E-state index is 0.926. The topological polar surface area (TPSA) is 47.1 Å². The van der Waals surface area contributed by atoms with E-state index in [0.29, 0.717) is 0 Å². The van der Waals surface area contributed by atoms with Crippen LogP contribution in [0.25, 0.3) is 11.3 Å². The number of furan rings is 1. The molecule has 2 aromatic heterocycles. The Morgan fingerprint density at radius 1 is 1.05 bits per heavy atom. The van der Waals surface area contributed by atoms with Crippen molar-refractivity contribution in [3.63, 3.8) is 0 Å². The lowest BCUT2D eigenvalue weighted by Gasteiger charge is -2.20. The molecule has 1 aliphatic heterocycles. The molecule has 0 amide bonds. The van der Waals surface area contributed by atoms with Gasteiger partial charge in [0.15, 0.2) is 0 Å². The lowest BCUT2D eigenvalue weighted by molar-refractivity contribution is 0.271. The van der Waals surface area contributed by atoms with Crippen LogP contribution in [0.15, 0.2) is 53.4 Å². The molecule has 0 unspecified atom stereocenters. The van der Waals surface area contributed by atoms with Crippen molar-refractivity contribution in [1.82, 2.24) is 19.7 Å². The molecular weight excluding hydrogens is 276 g/mol. The first-order valence-corrected chi connectivity index (χ1v) is 7.61. The third-order valence-corrected chi connectivity index (χ3v) is 4.20. The first kappa shape index (κ1) is 13.3. The van der Waals surface area contributed by atoms with Gasteiger partial charge in [-0.1, -0.05) is 24.3 Å². The fourth-order valence-electron chi connectivity index (χ4n) is 3.01. The van der Waals surface area contributed by atoms with E-state index in [2.05, 4.69) is 43.9 Å². The summed E-state index contributed by atoms with van der Waals surface area (Å²) in [6.45, 7) is 3.89. The maximum atomic E-state index is 5.57. The summed E-state index contributed by atoms with van der Waals surface area (Å²) in [5.74, 6) is 2.02. The van der Waals surface area contributed by atoms with Crippen molar-refractivity contribution in [2.75, 3.05) is 13.1 Å². The van der Waals surface area contributed by atoms with Crippen molar-refractivity contribution in [3.8, 4) is 11.3 Å². The zero-order valence-corrected chi connectivity index (χ0v) is 12.4. The number of aromatic nitrogens is 3. The highest BCUT2D eigenvalue weighted by molar-refractivity contribution is 5.61. The first-order chi connectivity index (χ1) is 10.9. The normalized spacial score (nSPS) is 15.5. The van der Waals surface area contributed by atoms with Crippen LogP contribution >= 0.6 is 0 Å². The monoisotopic (exact) mass is 294 g/mol. The van der Waals surface area contributed by atoms with Crippen molar-refractivity contribution >= 4 is 0 Å². The van der Waals surface area contributed by atoms with Gasteiger partial charge in [-0.25, -0.2) is 0 Å². The molecule has 0 saturated heterocycles. The highest BCUT2D eigenvalue weighted by atomic mass is 16.3. The lowest BCUT2D eigenvalue weighted by Crippen LogP contribution is -2.26. The Morgan fingerprint density at radius 3 is 2.91 bits per heavy atom. The summed E-state index contributed by atoms with van der Waals surface area (Å²) >= 11 is 0. The fourth-order valence-corrected chi connectivity index (χ4v) is 3.01. The summed E-state index contributed by atoms with van der Waals surface area (Å²) in [7, 11) is 0. The summed E-state index contributed by atoms with van der Waals surface area (Å²) in [5.41, 5.74) is 2.48. The van der Waals surface area contributed by atoms with E-state index in [0.717, 1.165) is 44.2 Å². The predicted octanol–water partition coefficient (Wildman–Crippen LogP) is 2.60. The predicted molar refractivity (Wildman–Crippen MR) is 83.1 cm³/mol. The van der Waals surface area contributed by atoms with Gasteiger partial charge in [0.2, 0.25) is 0 Å². The maximum Gasteiger partial charge on any atom is 0.134 e. The molecule has 0 atom stereocenters. The molecule has 0 N–H and O–H groups in total. The molecule has 5 nitrogen and oxygen atoms in total. The Balaban J connectivity index is 1.54. The van der Waals surface area contributed by atoms with Gasteiger partial charge in [-0.15, -0.1) is 10.2 Å². The third-order valence-electron chi connectivity index (χ3n) is 4.20. The summed E-state index contributed by atoms with van der Waals surface area (Å²) in [4.78, 5) is 2.47. The Bertz CT molecular complexity index is 725. The van der Waals surface area contributed by atoms with Gasteiger partial charge < -0.3 is 8.98 Å². The highest BCUT2D eigenvalue weighted by Gasteiger charge is 2.16. The SMILES string of the molecule is c1coc(-c2ccccc2CN2CCc3nncn3CC2)c1. The van der Waals surface area contributed by atoms with Crippen LogP contribution in [0.3, 0.4) is 0 Å². The van der Waals surface area contributed by atoms with E-state index < -0.39 is 0 Å². The van der Waals surface area contributed by atoms with Gasteiger partial charge in [0.1, 0.15) is 17.9 Å². The Labute approximate surface area is 129 Å². The minimum atomic E-state index is 0.926. The van der Waals surface area contributed by atoms with Crippen LogP contribution in [-0.2, 0) is 19.5 Å². The quantitative estimate of drug-likeness (QED) is 0.745. The molecule has 22 heavy (non-hydrogen) atoms. The summed E-state index contributed by atoms with van der Waals surface area (Å²) in [5, 5.41) is 8.17. The van der Waals surface area contributed by atoms with Crippen molar-refractivity contribution < 1.29 is 4.42 Å². The van der Waals surface area contributed by atoms with Crippen LogP contribution < -0.4 is 0 Å². The van der Waals surface area contributed by atoms with Crippen molar-refractivity contribution in [1.29, 1.82) is 0 Å². The first-order valence-electron chi connectivity index (χ1n) is 7.61. The van der Waals surface area contributed by atoms with Gasteiger partial charge in [-0.2, -0.15) is 0 Å². The van der Waals surface area contributed by atoms with E-state index in [4.69, 9.17) is 4.42 Å². The standard InChI is InChI=1S/C17H18N4O/c1-2-5-15(16-6-3-11-22-16)14(4-1)12-20-8-7-17-19-18-13-21(17)10-9-20/h1-6,11,13H,7-10,12H2. The van der Waals surface area contributed by atoms with Crippen LogP contribution in [0.4, 0.5) is 0 Å². The zero-order chi connectivity index (χ0) is 14.8. The molecule has 3 aromatic rings. The molecule has 0 radical (unpaired) electrons.